The van der Waals surface area contributed by atoms with Crippen molar-refractivity contribution >= 4 is 28.0 Å². The number of para-hydroxylation sites is 2. The average Bonchev–Trinajstić information content (AvgIpc) is 3.51. The first-order chi connectivity index (χ1) is 17.7. The molecule has 5 aromatic rings. The first-order valence-corrected chi connectivity index (χ1v) is 12.5. The lowest BCUT2D eigenvalue weighted by molar-refractivity contribution is 0.513. The molecule has 0 saturated heterocycles. The summed E-state index contributed by atoms with van der Waals surface area (Å²) in [5, 5.41) is 6.63. The highest BCUT2D eigenvalue weighted by Crippen LogP contribution is 2.32. The Kier molecular flexibility index (Phi) is 6.29. The maximum Gasteiger partial charge on any atom is 0.196 e. The molecular formula is C27H28FN7O. The standard InChI is InChI=1S/C27H28FN7O/c28-19-4-3-12-30-21(19)16-32-27-26-23(9-15-31-27)36-25(34-26)11-14-29-13-10-24-33-20-5-1-2-6-22(20)35(24)17-18-7-8-18/h1-6,9,12,15,18,29H,7-8,10-11,13-14,16-17H2,(H,31,32). The van der Waals surface area contributed by atoms with Gasteiger partial charge in [0.05, 0.1) is 23.3 Å². The van der Waals surface area contributed by atoms with Gasteiger partial charge in [-0.1, -0.05) is 12.1 Å². The minimum Gasteiger partial charge on any atom is -0.440 e. The van der Waals surface area contributed by atoms with Crippen molar-refractivity contribution in [2.24, 2.45) is 5.92 Å². The third kappa shape index (κ3) is 4.92. The number of anilines is 1. The van der Waals surface area contributed by atoms with E-state index < -0.39 is 0 Å². The molecule has 0 aliphatic heterocycles. The van der Waals surface area contributed by atoms with Gasteiger partial charge in [-0.2, -0.15) is 0 Å². The number of hydrogen-bond acceptors (Lipinski definition) is 7. The summed E-state index contributed by atoms with van der Waals surface area (Å²) >= 11 is 0. The molecule has 0 radical (unpaired) electrons. The van der Waals surface area contributed by atoms with Gasteiger partial charge in [0.25, 0.3) is 0 Å². The van der Waals surface area contributed by atoms with E-state index in [1.54, 1.807) is 24.5 Å². The van der Waals surface area contributed by atoms with E-state index in [0.717, 1.165) is 43.3 Å². The van der Waals surface area contributed by atoms with Crippen LogP contribution in [0.1, 0.15) is 30.3 Å². The van der Waals surface area contributed by atoms with E-state index in [9.17, 15) is 4.39 Å². The molecule has 1 aliphatic carbocycles. The van der Waals surface area contributed by atoms with Crippen LogP contribution in [-0.2, 0) is 25.9 Å². The summed E-state index contributed by atoms with van der Waals surface area (Å²) in [5.74, 6) is 2.77. The molecule has 36 heavy (non-hydrogen) atoms. The summed E-state index contributed by atoms with van der Waals surface area (Å²) in [4.78, 5) is 17.9. The Bertz CT molecular complexity index is 1490. The lowest BCUT2D eigenvalue weighted by Crippen LogP contribution is -2.21. The second-order valence-electron chi connectivity index (χ2n) is 9.22. The van der Waals surface area contributed by atoms with Crippen LogP contribution in [-0.4, -0.2) is 37.6 Å². The largest absolute Gasteiger partial charge is 0.440 e. The van der Waals surface area contributed by atoms with E-state index in [2.05, 4.69) is 48.4 Å². The zero-order chi connectivity index (χ0) is 24.3. The lowest BCUT2D eigenvalue weighted by Gasteiger charge is -2.09. The van der Waals surface area contributed by atoms with Crippen molar-refractivity contribution in [2.75, 3.05) is 18.4 Å². The van der Waals surface area contributed by atoms with Gasteiger partial charge in [-0.05, 0) is 43.0 Å². The average molecular weight is 486 g/mol. The van der Waals surface area contributed by atoms with Gasteiger partial charge in [0.2, 0.25) is 0 Å². The Hall–Kier alpha value is -3.85. The Morgan fingerprint density at radius 2 is 1.86 bits per heavy atom. The number of hydrogen-bond donors (Lipinski definition) is 2. The molecular weight excluding hydrogens is 457 g/mol. The highest BCUT2D eigenvalue weighted by atomic mass is 19.1. The minimum absolute atomic E-state index is 0.216. The molecule has 1 fully saturated rings. The first kappa shape index (κ1) is 22.6. The fourth-order valence-electron chi connectivity index (χ4n) is 4.45. The highest BCUT2D eigenvalue weighted by molar-refractivity contribution is 5.83. The Labute approximate surface area is 208 Å². The van der Waals surface area contributed by atoms with Crippen molar-refractivity contribution in [3.63, 3.8) is 0 Å². The molecule has 1 aromatic carbocycles. The van der Waals surface area contributed by atoms with Crippen molar-refractivity contribution in [2.45, 2.75) is 38.8 Å². The highest BCUT2D eigenvalue weighted by Gasteiger charge is 2.24. The smallest absolute Gasteiger partial charge is 0.196 e. The fourth-order valence-corrected chi connectivity index (χ4v) is 4.45. The first-order valence-electron chi connectivity index (χ1n) is 12.5. The van der Waals surface area contributed by atoms with Gasteiger partial charge in [0.15, 0.2) is 22.8 Å². The molecule has 0 bridgehead atoms. The summed E-state index contributed by atoms with van der Waals surface area (Å²) < 4.78 is 22.2. The van der Waals surface area contributed by atoms with Crippen LogP contribution in [0.15, 0.2) is 59.3 Å². The zero-order valence-electron chi connectivity index (χ0n) is 20.0. The number of aromatic nitrogens is 5. The zero-order valence-corrected chi connectivity index (χ0v) is 20.0. The van der Waals surface area contributed by atoms with Crippen molar-refractivity contribution in [3.05, 3.63) is 78.1 Å². The van der Waals surface area contributed by atoms with Crippen molar-refractivity contribution in [3.8, 4) is 0 Å². The molecule has 0 spiro atoms. The summed E-state index contributed by atoms with van der Waals surface area (Å²) in [6, 6.07) is 13.1. The predicted molar refractivity (Wildman–Crippen MR) is 136 cm³/mol. The molecule has 9 heteroatoms. The van der Waals surface area contributed by atoms with Crippen LogP contribution < -0.4 is 10.6 Å². The molecule has 0 unspecified atom stereocenters. The number of imidazole rings is 1. The second-order valence-corrected chi connectivity index (χ2v) is 9.22. The maximum absolute atomic E-state index is 13.9. The summed E-state index contributed by atoms with van der Waals surface area (Å²) in [6.45, 7) is 2.85. The molecule has 4 aromatic heterocycles. The Morgan fingerprint density at radius 3 is 2.75 bits per heavy atom. The number of benzene rings is 1. The third-order valence-corrected chi connectivity index (χ3v) is 6.52. The van der Waals surface area contributed by atoms with E-state index in [-0.39, 0.29) is 12.4 Å². The van der Waals surface area contributed by atoms with Crippen LogP contribution >= 0.6 is 0 Å². The van der Waals surface area contributed by atoms with E-state index in [1.807, 2.05) is 6.07 Å². The van der Waals surface area contributed by atoms with Crippen LogP contribution in [0, 0.1) is 11.7 Å². The van der Waals surface area contributed by atoms with E-state index in [1.165, 1.54) is 24.4 Å². The van der Waals surface area contributed by atoms with Gasteiger partial charge in [0.1, 0.15) is 11.6 Å². The fraction of sp³-hybridized carbons (Fsp3) is 0.333. The van der Waals surface area contributed by atoms with Crippen LogP contribution in [0.4, 0.5) is 10.2 Å². The summed E-state index contributed by atoms with van der Waals surface area (Å²) in [5.41, 5.74) is 3.92. The van der Waals surface area contributed by atoms with Gasteiger partial charge in [-0.25, -0.2) is 19.3 Å². The minimum atomic E-state index is -0.354. The van der Waals surface area contributed by atoms with Crippen LogP contribution in [0.25, 0.3) is 22.1 Å². The molecule has 1 saturated carbocycles. The molecule has 1 aliphatic rings. The number of halogens is 1. The van der Waals surface area contributed by atoms with E-state index >= 15 is 0 Å². The number of nitrogens with one attached hydrogen (secondary N) is 2. The normalized spacial score (nSPS) is 13.6. The lowest BCUT2D eigenvalue weighted by atomic mass is 10.3. The van der Waals surface area contributed by atoms with Gasteiger partial charge in [0, 0.05) is 50.9 Å². The van der Waals surface area contributed by atoms with Gasteiger partial charge >= 0.3 is 0 Å². The second kappa shape index (κ2) is 10.0. The van der Waals surface area contributed by atoms with Gasteiger partial charge < -0.3 is 19.6 Å². The quantitative estimate of drug-likeness (QED) is 0.266. The SMILES string of the molecule is Fc1cccnc1CNc1nccc2oc(CCNCCc3nc4ccccc4n3CC3CC3)nc12. The van der Waals surface area contributed by atoms with Gasteiger partial charge in [-0.15, -0.1) is 0 Å². The van der Waals surface area contributed by atoms with Crippen molar-refractivity contribution in [1.29, 1.82) is 0 Å². The number of pyridine rings is 2. The number of rotatable bonds is 11. The van der Waals surface area contributed by atoms with Gasteiger partial charge in [-0.3, -0.25) is 4.98 Å². The summed E-state index contributed by atoms with van der Waals surface area (Å²) in [6.07, 6.45) is 7.39. The Balaban J connectivity index is 1.05. The molecule has 4 heterocycles. The van der Waals surface area contributed by atoms with Crippen LogP contribution in [0.5, 0.6) is 0 Å². The number of fused-ring (bicyclic) bond motifs is 2. The predicted octanol–water partition coefficient (Wildman–Crippen LogP) is 4.50. The van der Waals surface area contributed by atoms with Crippen LogP contribution in [0.2, 0.25) is 0 Å². The molecule has 8 nitrogen and oxygen atoms in total. The maximum atomic E-state index is 13.9. The molecule has 184 valence electrons. The number of oxazole rings is 1. The van der Waals surface area contributed by atoms with Crippen molar-refractivity contribution < 1.29 is 8.81 Å². The molecule has 0 atom stereocenters. The molecule has 2 N–H and O–H groups in total. The van der Waals surface area contributed by atoms with E-state index in [0.29, 0.717) is 34.9 Å². The summed E-state index contributed by atoms with van der Waals surface area (Å²) in [7, 11) is 0. The van der Waals surface area contributed by atoms with Crippen molar-refractivity contribution in [1.82, 2.24) is 29.8 Å². The number of nitrogens with zero attached hydrogens (tertiary/aromatic N) is 5. The van der Waals surface area contributed by atoms with E-state index in [4.69, 9.17) is 9.40 Å². The monoisotopic (exact) mass is 485 g/mol. The topological polar surface area (TPSA) is 93.7 Å². The Morgan fingerprint density at radius 1 is 0.972 bits per heavy atom. The third-order valence-electron chi connectivity index (χ3n) is 6.52. The molecule has 0 amide bonds. The molecule has 6 rings (SSSR count). The van der Waals surface area contributed by atoms with Crippen LogP contribution in [0.3, 0.4) is 0 Å².